The van der Waals surface area contributed by atoms with E-state index < -0.39 is 0 Å². The Hall–Kier alpha value is -2.73. The lowest BCUT2D eigenvalue weighted by Gasteiger charge is -2.14. The number of rotatable bonds is 11. The van der Waals surface area contributed by atoms with E-state index in [0.29, 0.717) is 19.8 Å². The first-order chi connectivity index (χ1) is 13.7. The number of ether oxygens (including phenoxy) is 2. The molecule has 0 amide bonds. The molecule has 0 aliphatic carbocycles. The molecule has 6 nitrogen and oxygen atoms in total. The topological polar surface area (TPSA) is 58.1 Å². The summed E-state index contributed by atoms with van der Waals surface area (Å²) in [5, 5.41) is 6.64. The molecule has 0 aromatic heterocycles. The van der Waals surface area contributed by atoms with Crippen molar-refractivity contribution in [2.75, 3.05) is 47.4 Å². The average molecular weight is 385 g/mol. The molecule has 28 heavy (non-hydrogen) atoms. The molecular weight excluding hydrogens is 352 g/mol. The van der Waals surface area contributed by atoms with Gasteiger partial charge in [-0.2, -0.15) is 0 Å². The molecule has 0 atom stereocenters. The maximum atomic E-state index is 5.79. The van der Waals surface area contributed by atoms with Crippen LogP contribution in [0.3, 0.4) is 0 Å². The summed E-state index contributed by atoms with van der Waals surface area (Å²) in [5.41, 5.74) is 1.15. The van der Waals surface area contributed by atoms with Gasteiger partial charge in [-0.25, -0.2) is 0 Å². The molecule has 0 aliphatic heterocycles. The molecule has 0 heterocycles. The fourth-order valence-corrected chi connectivity index (χ4v) is 2.48. The largest absolute Gasteiger partial charge is 0.494 e. The first kappa shape index (κ1) is 21.6. The van der Waals surface area contributed by atoms with E-state index >= 15 is 0 Å². The van der Waals surface area contributed by atoms with Crippen LogP contribution in [0.5, 0.6) is 11.5 Å². The van der Waals surface area contributed by atoms with Gasteiger partial charge in [-0.15, -0.1) is 0 Å². The molecule has 2 rings (SSSR count). The van der Waals surface area contributed by atoms with Crippen LogP contribution in [0.4, 0.5) is 0 Å². The summed E-state index contributed by atoms with van der Waals surface area (Å²) >= 11 is 0. The van der Waals surface area contributed by atoms with E-state index in [4.69, 9.17) is 9.47 Å². The van der Waals surface area contributed by atoms with Gasteiger partial charge < -0.3 is 25.0 Å². The molecule has 0 spiro atoms. The van der Waals surface area contributed by atoms with Crippen LogP contribution in [0.25, 0.3) is 0 Å². The van der Waals surface area contributed by atoms with Crippen molar-refractivity contribution in [2.24, 2.45) is 4.99 Å². The van der Waals surface area contributed by atoms with Gasteiger partial charge >= 0.3 is 0 Å². The molecule has 0 bridgehead atoms. The van der Waals surface area contributed by atoms with Crippen LogP contribution < -0.4 is 20.1 Å². The number of nitrogens with zero attached hydrogens (tertiary/aromatic N) is 2. The molecule has 6 heteroatoms. The molecule has 2 aromatic rings. The molecule has 0 saturated carbocycles. The summed E-state index contributed by atoms with van der Waals surface area (Å²) in [4.78, 5) is 6.37. The van der Waals surface area contributed by atoms with Gasteiger partial charge in [-0.3, -0.25) is 4.99 Å². The Kier molecular flexibility index (Phi) is 9.72. The highest BCUT2D eigenvalue weighted by molar-refractivity contribution is 5.79. The summed E-state index contributed by atoms with van der Waals surface area (Å²) in [5.74, 6) is 2.57. The van der Waals surface area contributed by atoms with Gasteiger partial charge in [0.2, 0.25) is 0 Å². The third kappa shape index (κ3) is 8.77. The predicted octanol–water partition coefficient (Wildman–Crippen LogP) is 2.76. The lowest BCUT2D eigenvalue weighted by molar-refractivity contribution is 0.261. The van der Waals surface area contributed by atoms with Crippen LogP contribution in [0, 0.1) is 0 Å². The number of aliphatic imine (C=N–C) groups is 1. The number of guanidine groups is 1. The van der Waals surface area contributed by atoms with Crippen LogP contribution in [0.15, 0.2) is 59.6 Å². The standard InChI is InChI=1S/C22H32N4O2/c1-23-22(24-13-8-15-27-20-10-5-4-6-11-20)25-18-19-9-7-12-21(17-19)28-16-14-26(2)3/h4-7,9-12,17H,8,13-16,18H2,1-3H3,(H2,23,24,25). The van der Waals surface area contributed by atoms with Gasteiger partial charge in [0.15, 0.2) is 5.96 Å². The second-order valence-corrected chi connectivity index (χ2v) is 6.67. The molecule has 0 fully saturated rings. The predicted molar refractivity (Wildman–Crippen MR) is 115 cm³/mol. The molecule has 2 aromatic carbocycles. The summed E-state index contributed by atoms with van der Waals surface area (Å²) in [6, 6.07) is 18.0. The van der Waals surface area contributed by atoms with Gasteiger partial charge in [-0.05, 0) is 50.3 Å². The zero-order valence-corrected chi connectivity index (χ0v) is 17.1. The van der Waals surface area contributed by atoms with Gasteiger partial charge in [0, 0.05) is 26.7 Å². The van der Waals surface area contributed by atoms with Crippen LogP contribution >= 0.6 is 0 Å². The lowest BCUT2D eigenvalue weighted by atomic mass is 10.2. The fraction of sp³-hybridized carbons (Fsp3) is 0.409. The Balaban J connectivity index is 1.66. The van der Waals surface area contributed by atoms with Crippen molar-refractivity contribution in [3.63, 3.8) is 0 Å². The highest BCUT2D eigenvalue weighted by Gasteiger charge is 2.01. The Bertz CT molecular complexity index is 705. The number of hydrogen-bond donors (Lipinski definition) is 2. The highest BCUT2D eigenvalue weighted by atomic mass is 16.5. The van der Waals surface area contributed by atoms with Gasteiger partial charge in [-0.1, -0.05) is 30.3 Å². The van der Waals surface area contributed by atoms with Crippen LogP contribution in [0.1, 0.15) is 12.0 Å². The van der Waals surface area contributed by atoms with E-state index in [1.807, 2.05) is 56.6 Å². The molecular formula is C22H32N4O2. The third-order valence-electron chi connectivity index (χ3n) is 4.01. The summed E-state index contributed by atoms with van der Waals surface area (Å²) in [6.07, 6.45) is 0.894. The van der Waals surface area contributed by atoms with Gasteiger partial charge in [0.25, 0.3) is 0 Å². The minimum Gasteiger partial charge on any atom is -0.494 e. The Morgan fingerprint density at radius 3 is 2.43 bits per heavy atom. The van der Waals surface area contributed by atoms with Crippen LogP contribution in [-0.4, -0.2) is 58.3 Å². The van der Waals surface area contributed by atoms with E-state index in [-0.39, 0.29) is 0 Å². The minimum absolute atomic E-state index is 0.667. The van der Waals surface area contributed by atoms with Crippen LogP contribution in [-0.2, 0) is 6.54 Å². The summed E-state index contributed by atoms with van der Waals surface area (Å²) in [7, 11) is 5.85. The molecule has 0 radical (unpaired) electrons. The summed E-state index contributed by atoms with van der Waals surface area (Å²) < 4.78 is 11.5. The number of para-hydroxylation sites is 1. The molecule has 2 N–H and O–H groups in total. The van der Waals surface area contributed by atoms with E-state index in [1.54, 1.807) is 7.05 Å². The number of benzene rings is 2. The number of hydrogen-bond acceptors (Lipinski definition) is 4. The van der Waals surface area contributed by atoms with Gasteiger partial charge in [0.1, 0.15) is 18.1 Å². The normalized spacial score (nSPS) is 11.4. The second kappa shape index (κ2) is 12.6. The highest BCUT2D eigenvalue weighted by Crippen LogP contribution is 2.13. The molecule has 152 valence electrons. The van der Waals surface area contributed by atoms with E-state index in [2.05, 4.69) is 32.7 Å². The quantitative estimate of drug-likeness (QED) is 0.354. The molecule has 0 unspecified atom stereocenters. The van der Waals surface area contributed by atoms with Crippen molar-refractivity contribution in [3.8, 4) is 11.5 Å². The summed E-state index contributed by atoms with van der Waals surface area (Å²) in [6.45, 7) is 3.72. The van der Waals surface area contributed by atoms with Crippen molar-refractivity contribution in [2.45, 2.75) is 13.0 Å². The van der Waals surface area contributed by atoms with E-state index in [0.717, 1.165) is 42.5 Å². The Morgan fingerprint density at radius 1 is 0.929 bits per heavy atom. The minimum atomic E-state index is 0.667. The number of nitrogens with one attached hydrogen (secondary N) is 2. The van der Waals surface area contributed by atoms with E-state index in [9.17, 15) is 0 Å². The first-order valence-corrected chi connectivity index (χ1v) is 9.66. The zero-order chi connectivity index (χ0) is 20.0. The monoisotopic (exact) mass is 384 g/mol. The fourth-order valence-electron chi connectivity index (χ4n) is 2.48. The Morgan fingerprint density at radius 2 is 1.68 bits per heavy atom. The van der Waals surface area contributed by atoms with Crippen molar-refractivity contribution in [1.29, 1.82) is 0 Å². The van der Waals surface area contributed by atoms with Crippen molar-refractivity contribution in [1.82, 2.24) is 15.5 Å². The average Bonchev–Trinajstić information content (AvgIpc) is 2.71. The van der Waals surface area contributed by atoms with Crippen molar-refractivity contribution in [3.05, 3.63) is 60.2 Å². The van der Waals surface area contributed by atoms with Gasteiger partial charge in [0.05, 0.1) is 6.61 Å². The third-order valence-corrected chi connectivity index (χ3v) is 4.01. The maximum absolute atomic E-state index is 5.79. The smallest absolute Gasteiger partial charge is 0.191 e. The SMILES string of the molecule is CN=C(NCCCOc1ccccc1)NCc1cccc(OCCN(C)C)c1. The first-order valence-electron chi connectivity index (χ1n) is 9.66. The van der Waals surface area contributed by atoms with E-state index in [1.165, 1.54) is 0 Å². The van der Waals surface area contributed by atoms with Crippen molar-refractivity contribution >= 4 is 5.96 Å². The van der Waals surface area contributed by atoms with Crippen molar-refractivity contribution < 1.29 is 9.47 Å². The van der Waals surface area contributed by atoms with Crippen LogP contribution in [0.2, 0.25) is 0 Å². The number of likely N-dealkylation sites (N-methyl/N-ethyl adjacent to an activating group) is 1. The lowest BCUT2D eigenvalue weighted by Crippen LogP contribution is -2.37. The molecule has 0 aliphatic rings. The molecule has 0 saturated heterocycles. The maximum Gasteiger partial charge on any atom is 0.191 e. The second-order valence-electron chi connectivity index (χ2n) is 6.67. The zero-order valence-electron chi connectivity index (χ0n) is 17.1. The Labute approximate surface area is 168 Å².